The Morgan fingerprint density at radius 2 is 1.80 bits per heavy atom. The van der Waals surface area contributed by atoms with E-state index >= 15 is 0 Å². The van der Waals surface area contributed by atoms with Crippen LogP contribution in [-0.4, -0.2) is 51.7 Å². The number of hydrogen-bond acceptors (Lipinski definition) is 5. The second kappa shape index (κ2) is 7.55. The Balaban J connectivity index is 1.52. The third kappa shape index (κ3) is 3.29. The molecule has 0 N–H and O–H groups in total. The Morgan fingerprint density at radius 3 is 2.57 bits per heavy atom. The second-order valence-electron chi connectivity index (χ2n) is 8.54. The van der Waals surface area contributed by atoms with Crippen molar-refractivity contribution in [2.75, 3.05) is 42.6 Å². The van der Waals surface area contributed by atoms with Crippen molar-refractivity contribution < 1.29 is 13.2 Å². The van der Waals surface area contributed by atoms with E-state index in [0.717, 1.165) is 30.9 Å². The molecule has 30 heavy (non-hydrogen) atoms. The molecule has 6 nitrogen and oxygen atoms in total. The lowest BCUT2D eigenvalue weighted by Gasteiger charge is -2.29. The smallest absolute Gasteiger partial charge is 0.243 e. The van der Waals surface area contributed by atoms with Gasteiger partial charge in [-0.3, -0.25) is 0 Å². The predicted molar refractivity (Wildman–Crippen MR) is 118 cm³/mol. The molecule has 0 bridgehead atoms. The molecule has 0 aliphatic carbocycles. The molecule has 7 heteroatoms. The minimum absolute atomic E-state index is 0.307. The van der Waals surface area contributed by atoms with Crippen LogP contribution in [0.1, 0.15) is 29.5 Å². The number of nitrogens with zero attached hydrogens (tertiary/aromatic N) is 3. The van der Waals surface area contributed by atoms with Gasteiger partial charge in [0.1, 0.15) is 6.17 Å². The first-order valence-corrected chi connectivity index (χ1v) is 12.2. The average Bonchev–Trinajstić information content (AvgIpc) is 3.32. The first kappa shape index (κ1) is 19.8. The number of fused-ring (bicyclic) bond motifs is 3. The van der Waals surface area contributed by atoms with Crippen molar-refractivity contribution in [2.24, 2.45) is 0 Å². The summed E-state index contributed by atoms with van der Waals surface area (Å²) in [4.78, 5) is 5.22. The first-order chi connectivity index (χ1) is 14.4. The van der Waals surface area contributed by atoms with Crippen LogP contribution in [0.2, 0.25) is 0 Å². The maximum Gasteiger partial charge on any atom is 0.243 e. The molecule has 0 saturated carbocycles. The number of aryl methyl sites for hydroxylation is 2. The van der Waals surface area contributed by atoms with Crippen molar-refractivity contribution in [3.63, 3.8) is 0 Å². The molecule has 0 radical (unpaired) electrons. The van der Waals surface area contributed by atoms with Crippen molar-refractivity contribution >= 4 is 21.4 Å². The minimum Gasteiger partial charge on any atom is -0.379 e. The second-order valence-corrected chi connectivity index (χ2v) is 10.5. The summed E-state index contributed by atoms with van der Waals surface area (Å²) in [7, 11) is -3.51. The summed E-state index contributed by atoms with van der Waals surface area (Å²) in [6.07, 6.45) is 2.58. The van der Waals surface area contributed by atoms with Crippen molar-refractivity contribution in [1.29, 1.82) is 0 Å². The maximum atomic E-state index is 13.2. The Hall–Kier alpha value is -2.09. The average molecular weight is 428 g/mol. The third-order valence-corrected chi connectivity index (χ3v) is 8.49. The highest BCUT2D eigenvalue weighted by molar-refractivity contribution is 7.89. The van der Waals surface area contributed by atoms with Gasteiger partial charge in [-0.25, -0.2) is 8.42 Å². The van der Waals surface area contributed by atoms with Gasteiger partial charge in [-0.05, 0) is 56.0 Å². The number of morpholine rings is 1. The molecule has 3 heterocycles. The number of ether oxygens (including phenoxy) is 1. The summed E-state index contributed by atoms with van der Waals surface area (Å²) in [5.74, 6) is 0. The molecule has 3 aliphatic heterocycles. The van der Waals surface area contributed by atoms with Gasteiger partial charge in [0, 0.05) is 26.2 Å². The molecule has 5 rings (SSSR count). The molecule has 2 aromatic carbocycles. The Kier molecular flexibility index (Phi) is 5.00. The number of hydrogen-bond donors (Lipinski definition) is 0. The maximum absolute atomic E-state index is 13.2. The molecule has 0 unspecified atom stereocenters. The van der Waals surface area contributed by atoms with Crippen LogP contribution in [0.25, 0.3) is 0 Å². The zero-order valence-electron chi connectivity index (χ0n) is 17.7. The van der Waals surface area contributed by atoms with Crippen molar-refractivity contribution in [3.8, 4) is 0 Å². The van der Waals surface area contributed by atoms with Crippen LogP contribution in [0.5, 0.6) is 0 Å². The van der Waals surface area contributed by atoms with Gasteiger partial charge in [-0.2, -0.15) is 4.31 Å². The minimum atomic E-state index is -3.51. The van der Waals surface area contributed by atoms with Crippen LogP contribution in [0.4, 0.5) is 11.4 Å². The van der Waals surface area contributed by atoms with Crippen molar-refractivity contribution in [2.45, 2.75) is 44.3 Å². The zero-order chi connectivity index (χ0) is 20.9. The quantitative estimate of drug-likeness (QED) is 0.750. The summed E-state index contributed by atoms with van der Waals surface area (Å²) in [5.41, 5.74) is 6.03. The molecule has 1 atom stereocenters. The van der Waals surface area contributed by atoms with Crippen LogP contribution in [0.15, 0.2) is 41.3 Å². The van der Waals surface area contributed by atoms with Crippen LogP contribution in [0.3, 0.4) is 0 Å². The molecular formula is C23H29N3O3S. The predicted octanol–water partition coefficient (Wildman–Crippen LogP) is 3.27. The molecule has 0 amide bonds. The summed E-state index contributed by atoms with van der Waals surface area (Å²) < 4.78 is 33.3. The molecule has 0 aromatic heterocycles. The molecular weight excluding hydrogens is 398 g/mol. The Morgan fingerprint density at radius 1 is 1.00 bits per heavy atom. The number of rotatable bonds is 4. The topological polar surface area (TPSA) is 53.1 Å². The lowest BCUT2D eigenvalue weighted by Crippen LogP contribution is -2.40. The van der Waals surface area contributed by atoms with E-state index in [9.17, 15) is 8.42 Å². The van der Waals surface area contributed by atoms with Gasteiger partial charge in [-0.15, -0.1) is 0 Å². The van der Waals surface area contributed by atoms with Crippen LogP contribution < -0.4 is 9.80 Å². The Bertz CT molecular complexity index is 1060. The van der Waals surface area contributed by atoms with Crippen LogP contribution in [-0.2, 0) is 21.3 Å². The van der Waals surface area contributed by atoms with Crippen LogP contribution >= 0.6 is 0 Å². The molecule has 2 fully saturated rings. The fourth-order valence-electron chi connectivity index (χ4n) is 4.98. The van der Waals surface area contributed by atoms with Gasteiger partial charge in [-0.1, -0.05) is 23.8 Å². The standard InChI is InChI=1S/C23H29N3O3S/c1-17-5-6-19(18(2)14-17)16-26-22-15-20(30(27,28)24-10-12-29-13-11-24)7-8-21(22)25-9-3-4-23(25)26/h5-8,14-15,23H,3-4,9-13,16H2,1-2H3/t23-/m1/s1. The van der Waals surface area contributed by atoms with Gasteiger partial charge in [0.05, 0.1) is 29.5 Å². The van der Waals surface area contributed by atoms with E-state index in [2.05, 4.69) is 41.8 Å². The van der Waals surface area contributed by atoms with Gasteiger partial charge in [0.15, 0.2) is 0 Å². The number of benzene rings is 2. The third-order valence-electron chi connectivity index (χ3n) is 6.59. The SMILES string of the molecule is Cc1ccc(CN2c3cc(S(=O)(=O)N4CCOCC4)ccc3N3CCC[C@H]32)c(C)c1. The van der Waals surface area contributed by atoms with Crippen molar-refractivity contribution in [1.82, 2.24) is 4.31 Å². The van der Waals surface area contributed by atoms with Gasteiger partial charge < -0.3 is 14.5 Å². The summed E-state index contributed by atoms with van der Waals surface area (Å²) >= 11 is 0. The normalized spacial score (nSPS) is 21.7. The number of anilines is 2. The molecule has 0 spiro atoms. The van der Waals surface area contributed by atoms with E-state index in [1.807, 2.05) is 12.1 Å². The molecule has 3 aliphatic rings. The van der Waals surface area contributed by atoms with E-state index in [0.29, 0.717) is 37.4 Å². The van der Waals surface area contributed by atoms with Crippen molar-refractivity contribution in [3.05, 3.63) is 53.1 Å². The monoisotopic (exact) mass is 427 g/mol. The molecule has 2 saturated heterocycles. The fourth-order valence-corrected chi connectivity index (χ4v) is 6.41. The van der Waals surface area contributed by atoms with Crippen LogP contribution in [0, 0.1) is 13.8 Å². The number of sulfonamides is 1. The van der Waals surface area contributed by atoms with Gasteiger partial charge >= 0.3 is 0 Å². The van der Waals surface area contributed by atoms with Gasteiger partial charge in [0.2, 0.25) is 10.0 Å². The molecule has 2 aromatic rings. The Labute approximate surface area is 179 Å². The highest BCUT2D eigenvalue weighted by atomic mass is 32.2. The largest absolute Gasteiger partial charge is 0.379 e. The highest BCUT2D eigenvalue weighted by Gasteiger charge is 2.40. The van der Waals surface area contributed by atoms with E-state index in [4.69, 9.17) is 4.74 Å². The fraction of sp³-hybridized carbons (Fsp3) is 0.478. The lowest BCUT2D eigenvalue weighted by atomic mass is 10.0. The zero-order valence-corrected chi connectivity index (χ0v) is 18.5. The van der Waals surface area contributed by atoms with E-state index < -0.39 is 10.0 Å². The van der Waals surface area contributed by atoms with E-state index in [1.165, 1.54) is 23.1 Å². The van der Waals surface area contributed by atoms with Gasteiger partial charge in [0.25, 0.3) is 0 Å². The molecule has 160 valence electrons. The highest BCUT2D eigenvalue weighted by Crippen LogP contribution is 2.46. The summed E-state index contributed by atoms with van der Waals surface area (Å²) in [5, 5.41) is 0. The summed E-state index contributed by atoms with van der Waals surface area (Å²) in [6, 6.07) is 12.3. The van der Waals surface area contributed by atoms with E-state index in [1.54, 1.807) is 10.4 Å². The lowest BCUT2D eigenvalue weighted by molar-refractivity contribution is 0.0730. The van der Waals surface area contributed by atoms with E-state index in [-0.39, 0.29) is 0 Å². The first-order valence-electron chi connectivity index (χ1n) is 10.8. The summed E-state index contributed by atoms with van der Waals surface area (Å²) in [6.45, 7) is 7.84.